The van der Waals surface area contributed by atoms with E-state index in [1.165, 1.54) is 24.8 Å². The number of nitrogens with one attached hydrogen (secondary N) is 1. The summed E-state index contributed by atoms with van der Waals surface area (Å²) in [5, 5.41) is 3.42. The quantitative estimate of drug-likeness (QED) is 0.757. The van der Waals surface area contributed by atoms with E-state index in [1.54, 1.807) is 0 Å². The molecule has 0 saturated carbocycles. The van der Waals surface area contributed by atoms with Crippen LogP contribution < -0.4 is 5.32 Å². The molecule has 0 spiro atoms. The Morgan fingerprint density at radius 1 is 1.25 bits per heavy atom. The van der Waals surface area contributed by atoms with Crippen molar-refractivity contribution in [3.05, 3.63) is 23.7 Å². The van der Waals surface area contributed by atoms with Crippen molar-refractivity contribution < 1.29 is 4.42 Å². The van der Waals surface area contributed by atoms with Gasteiger partial charge in [0.05, 0.1) is 6.26 Å². The van der Waals surface area contributed by atoms with Crippen LogP contribution in [0.2, 0.25) is 0 Å². The topological polar surface area (TPSA) is 25.2 Å². The molecule has 1 atom stereocenters. The molecule has 1 heterocycles. The molecule has 2 nitrogen and oxygen atoms in total. The van der Waals surface area contributed by atoms with Crippen LogP contribution in [0.5, 0.6) is 0 Å². The Bertz CT molecular complexity index is 289. The first-order valence-corrected chi connectivity index (χ1v) is 6.50. The van der Waals surface area contributed by atoms with E-state index in [-0.39, 0.29) is 0 Å². The largest absolute Gasteiger partial charge is 0.469 e. The first-order valence-electron chi connectivity index (χ1n) is 6.50. The highest BCUT2D eigenvalue weighted by Gasteiger charge is 2.18. The molecule has 1 aromatic rings. The van der Waals surface area contributed by atoms with E-state index in [9.17, 15) is 0 Å². The van der Waals surface area contributed by atoms with E-state index in [0.29, 0.717) is 6.04 Å². The van der Waals surface area contributed by atoms with Gasteiger partial charge in [-0.1, -0.05) is 33.6 Å². The second kappa shape index (κ2) is 6.74. The van der Waals surface area contributed by atoms with Crippen molar-refractivity contribution >= 4 is 0 Å². The number of hydrogen-bond acceptors (Lipinski definition) is 2. The third-order valence-corrected chi connectivity index (χ3v) is 3.55. The molecule has 1 aromatic heterocycles. The summed E-state index contributed by atoms with van der Waals surface area (Å²) in [6.07, 6.45) is 6.51. The Balaban J connectivity index is 2.73. The highest BCUT2D eigenvalue weighted by atomic mass is 16.3. The average Bonchev–Trinajstić information content (AvgIpc) is 2.79. The predicted octanol–water partition coefficient (Wildman–Crippen LogP) is 3.93. The summed E-state index contributed by atoms with van der Waals surface area (Å²) in [4.78, 5) is 0. The maximum atomic E-state index is 5.51. The zero-order valence-corrected chi connectivity index (χ0v) is 11.0. The molecule has 0 aliphatic rings. The molecule has 0 radical (unpaired) electrons. The number of furan rings is 1. The zero-order chi connectivity index (χ0) is 12.0. The van der Waals surface area contributed by atoms with Crippen LogP contribution in [-0.4, -0.2) is 7.05 Å². The van der Waals surface area contributed by atoms with Crippen molar-refractivity contribution in [2.75, 3.05) is 7.05 Å². The fourth-order valence-corrected chi connectivity index (χ4v) is 2.30. The van der Waals surface area contributed by atoms with Crippen LogP contribution >= 0.6 is 0 Å². The molecule has 0 aromatic carbocycles. The summed E-state index contributed by atoms with van der Waals surface area (Å²) in [5.41, 5.74) is 1.34. The molecule has 0 fully saturated rings. The summed E-state index contributed by atoms with van der Waals surface area (Å²) in [6, 6.07) is 2.56. The summed E-state index contributed by atoms with van der Waals surface area (Å²) in [7, 11) is 2.04. The van der Waals surface area contributed by atoms with Crippen LogP contribution in [0.25, 0.3) is 0 Å². The molecule has 0 aliphatic carbocycles. The minimum Gasteiger partial charge on any atom is -0.469 e. The standard InChI is InChI=1S/C14H25NO/c1-5-11(6-2)10-13(15-4)12-8-9-16-14(12)7-3/h8-9,11,13,15H,5-7,10H2,1-4H3. The van der Waals surface area contributed by atoms with Crippen LogP contribution in [-0.2, 0) is 6.42 Å². The minimum atomic E-state index is 0.443. The lowest BCUT2D eigenvalue weighted by molar-refractivity contribution is 0.380. The summed E-state index contributed by atoms with van der Waals surface area (Å²) in [6.45, 7) is 6.69. The lowest BCUT2D eigenvalue weighted by Crippen LogP contribution is -2.20. The van der Waals surface area contributed by atoms with E-state index < -0.39 is 0 Å². The van der Waals surface area contributed by atoms with Crippen molar-refractivity contribution in [1.29, 1.82) is 0 Å². The van der Waals surface area contributed by atoms with Gasteiger partial charge in [-0.25, -0.2) is 0 Å². The van der Waals surface area contributed by atoms with E-state index in [0.717, 1.165) is 18.1 Å². The van der Waals surface area contributed by atoms with Crippen LogP contribution in [0.1, 0.15) is 57.4 Å². The SMILES string of the molecule is CCc1occc1C(CC(CC)CC)NC. The van der Waals surface area contributed by atoms with Gasteiger partial charge in [0, 0.05) is 18.0 Å². The van der Waals surface area contributed by atoms with Gasteiger partial charge >= 0.3 is 0 Å². The second-order valence-electron chi connectivity index (χ2n) is 4.41. The van der Waals surface area contributed by atoms with Gasteiger partial charge in [-0.05, 0) is 25.5 Å². The Hall–Kier alpha value is -0.760. The van der Waals surface area contributed by atoms with Gasteiger partial charge < -0.3 is 9.73 Å². The van der Waals surface area contributed by atoms with Crippen molar-refractivity contribution in [2.45, 2.75) is 52.5 Å². The van der Waals surface area contributed by atoms with Crippen molar-refractivity contribution in [3.8, 4) is 0 Å². The van der Waals surface area contributed by atoms with Gasteiger partial charge in [0.25, 0.3) is 0 Å². The van der Waals surface area contributed by atoms with Gasteiger partial charge in [-0.2, -0.15) is 0 Å². The van der Waals surface area contributed by atoms with Gasteiger partial charge in [0.1, 0.15) is 5.76 Å². The third-order valence-electron chi connectivity index (χ3n) is 3.55. The zero-order valence-electron chi connectivity index (χ0n) is 11.0. The van der Waals surface area contributed by atoms with E-state index in [1.807, 2.05) is 13.3 Å². The van der Waals surface area contributed by atoms with Crippen LogP contribution in [0.4, 0.5) is 0 Å². The van der Waals surface area contributed by atoms with E-state index in [4.69, 9.17) is 4.42 Å². The fraction of sp³-hybridized carbons (Fsp3) is 0.714. The molecule has 16 heavy (non-hydrogen) atoms. The predicted molar refractivity (Wildman–Crippen MR) is 68.6 cm³/mol. The Kier molecular flexibility index (Phi) is 5.61. The summed E-state index contributed by atoms with van der Waals surface area (Å²) in [5.74, 6) is 1.93. The van der Waals surface area contributed by atoms with Gasteiger partial charge in [-0.3, -0.25) is 0 Å². The summed E-state index contributed by atoms with van der Waals surface area (Å²) < 4.78 is 5.51. The van der Waals surface area contributed by atoms with Crippen molar-refractivity contribution in [2.24, 2.45) is 5.92 Å². The van der Waals surface area contributed by atoms with E-state index >= 15 is 0 Å². The maximum Gasteiger partial charge on any atom is 0.108 e. The Labute approximate surface area is 99.4 Å². The lowest BCUT2D eigenvalue weighted by Gasteiger charge is -2.21. The highest BCUT2D eigenvalue weighted by molar-refractivity contribution is 5.21. The molecule has 0 saturated heterocycles. The molecule has 0 amide bonds. The van der Waals surface area contributed by atoms with Crippen molar-refractivity contribution in [1.82, 2.24) is 5.32 Å². The van der Waals surface area contributed by atoms with Gasteiger partial charge in [0.15, 0.2) is 0 Å². The number of rotatable bonds is 7. The molecular weight excluding hydrogens is 198 g/mol. The van der Waals surface area contributed by atoms with Crippen LogP contribution in [0, 0.1) is 5.92 Å². The minimum absolute atomic E-state index is 0.443. The first kappa shape index (κ1) is 13.3. The fourth-order valence-electron chi connectivity index (χ4n) is 2.30. The van der Waals surface area contributed by atoms with Gasteiger partial charge in [-0.15, -0.1) is 0 Å². The van der Waals surface area contributed by atoms with Gasteiger partial charge in [0.2, 0.25) is 0 Å². The van der Waals surface area contributed by atoms with Crippen LogP contribution in [0.15, 0.2) is 16.7 Å². The first-order chi connectivity index (χ1) is 7.76. The average molecular weight is 223 g/mol. The Morgan fingerprint density at radius 2 is 1.94 bits per heavy atom. The normalized spacial score (nSPS) is 13.3. The molecule has 1 unspecified atom stereocenters. The molecule has 1 rings (SSSR count). The molecule has 92 valence electrons. The molecule has 1 N–H and O–H groups in total. The molecule has 2 heteroatoms. The lowest BCUT2D eigenvalue weighted by atomic mass is 9.91. The summed E-state index contributed by atoms with van der Waals surface area (Å²) >= 11 is 0. The maximum absolute atomic E-state index is 5.51. The van der Waals surface area contributed by atoms with E-state index in [2.05, 4.69) is 32.2 Å². The monoisotopic (exact) mass is 223 g/mol. The number of aryl methyl sites for hydroxylation is 1. The second-order valence-corrected chi connectivity index (χ2v) is 4.41. The smallest absolute Gasteiger partial charge is 0.108 e. The number of hydrogen-bond donors (Lipinski definition) is 1. The molecular formula is C14H25NO. The molecule has 0 aliphatic heterocycles. The highest BCUT2D eigenvalue weighted by Crippen LogP contribution is 2.28. The van der Waals surface area contributed by atoms with Crippen LogP contribution in [0.3, 0.4) is 0 Å². The molecule has 0 bridgehead atoms. The third kappa shape index (κ3) is 3.11. The Morgan fingerprint density at radius 3 is 2.44 bits per heavy atom. The van der Waals surface area contributed by atoms with Crippen molar-refractivity contribution in [3.63, 3.8) is 0 Å².